The molecular formula is C37H55N5O3. The lowest BCUT2D eigenvalue weighted by Crippen LogP contribution is -2.33. The number of unbranched alkanes of at least 4 members (excludes halogenated alkanes) is 2. The molecule has 2 atom stereocenters. The molecule has 0 aliphatic rings. The van der Waals surface area contributed by atoms with Gasteiger partial charge in [-0.15, -0.1) is 6.58 Å². The Kier molecular flexibility index (Phi) is 18.2. The molecule has 0 bridgehead atoms. The second kappa shape index (κ2) is 21.9. The Morgan fingerprint density at radius 3 is 2.56 bits per heavy atom. The Hall–Kier alpha value is -3.73. The molecule has 0 unspecified atom stereocenters. The number of methoxy groups -OCH3 is 1. The first-order chi connectivity index (χ1) is 21.9. The predicted octanol–water partition coefficient (Wildman–Crippen LogP) is 8.05. The molecule has 8 heteroatoms. The Morgan fingerprint density at radius 2 is 1.89 bits per heavy atom. The van der Waals surface area contributed by atoms with Crippen LogP contribution in [0, 0.1) is 23.2 Å². The lowest BCUT2D eigenvalue weighted by Gasteiger charge is -2.30. The lowest BCUT2D eigenvalue weighted by molar-refractivity contribution is -0.114. The number of aromatic nitrogens is 3. The van der Waals surface area contributed by atoms with E-state index in [2.05, 4.69) is 49.9 Å². The van der Waals surface area contributed by atoms with E-state index < -0.39 is 0 Å². The quantitative estimate of drug-likeness (QED) is 0.0627. The van der Waals surface area contributed by atoms with Crippen LogP contribution in [0.1, 0.15) is 102 Å². The summed E-state index contributed by atoms with van der Waals surface area (Å²) in [5, 5.41) is 9.62. The lowest BCUT2D eigenvalue weighted by atomic mass is 9.96. The van der Waals surface area contributed by atoms with Crippen LogP contribution in [-0.4, -0.2) is 47.5 Å². The summed E-state index contributed by atoms with van der Waals surface area (Å²) in [4.78, 5) is 28.6. The molecule has 0 aromatic carbocycles. The standard InChI is InChI=1S/C37H55N5O3/c1-7-12-16-30(15-8-2)28-45-37-40-34(11-5)33(18-14-13-17-31-26-39-24-22-35(31)44-6)36(41-37)42(25-9-3)27-29(21-23-38)19-20-32(43)10-4/h8,10,22,24,26,29-30H,2,4,7,9,11-21,25,27-28H2,1,3,5-6H3/t29-,30-/m0/s1. The fraction of sp³-hybridized carbons (Fsp3) is 0.595. The van der Waals surface area contributed by atoms with Gasteiger partial charge in [-0.05, 0) is 81.8 Å². The molecule has 2 aromatic heterocycles. The van der Waals surface area contributed by atoms with Crippen molar-refractivity contribution in [1.82, 2.24) is 15.0 Å². The maximum absolute atomic E-state index is 12.0. The molecule has 0 aliphatic heterocycles. The Morgan fingerprint density at radius 1 is 1.09 bits per heavy atom. The van der Waals surface area contributed by atoms with Crippen LogP contribution >= 0.6 is 0 Å². The van der Waals surface area contributed by atoms with Gasteiger partial charge in [0.25, 0.3) is 0 Å². The number of nitriles is 1. The summed E-state index contributed by atoms with van der Waals surface area (Å²) < 4.78 is 11.8. The number of carbonyl (C=O) groups is 1. The summed E-state index contributed by atoms with van der Waals surface area (Å²) >= 11 is 0. The van der Waals surface area contributed by atoms with Crippen LogP contribution in [0.25, 0.3) is 0 Å². The molecular weight excluding hydrogens is 562 g/mol. The van der Waals surface area contributed by atoms with E-state index in [1.807, 2.05) is 18.3 Å². The van der Waals surface area contributed by atoms with Gasteiger partial charge in [0.1, 0.15) is 11.6 Å². The predicted molar refractivity (Wildman–Crippen MR) is 183 cm³/mol. The Bertz CT molecular complexity index is 1230. The zero-order valence-corrected chi connectivity index (χ0v) is 28.2. The van der Waals surface area contributed by atoms with Crippen LogP contribution in [-0.2, 0) is 24.1 Å². The summed E-state index contributed by atoms with van der Waals surface area (Å²) in [6, 6.07) is 4.66. The first-order valence-corrected chi connectivity index (χ1v) is 16.8. The molecule has 2 aromatic rings. The average Bonchev–Trinajstić information content (AvgIpc) is 3.06. The molecule has 45 heavy (non-hydrogen) atoms. The molecule has 8 nitrogen and oxygen atoms in total. The Labute approximate surface area is 272 Å². The number of nitrogens with zero attached hydrogens (tertiary/aromatic N) is 5. The number of ketones is 1. The fourth-order valence-electron chi connectivity index (χ4n) is 5.68. The van der Waals surface area contributed by atoms with Crippen LogP contribution < -0.4 is 14.4 Å². The third-order valence-corrected chi connectivity index (χ3v) is 8.18. The van der Waals surface area contributed by atoms with E-state index in [4.69, 9.17) is 19.4 Å². The van der Waals surface area contributed by atoms with Crippen molar-refractivity contribution in [1.29, 1.82) is 5.26 Å². The van der Waals surface area contributed by atoms with Gasteiger partial charge in [-0.1, -0.05) is 46.3 Å². The minimum absolute atomic E-state index is 0.00839. The van der Waals surface area contributed by atoms with Crippen molar-refractivity contribution in [3.05, 3.63) is 60.6 Å². The maximum Gasteiger partial charge on any atom is 0.318 e. The van der Waals surface area contributed by atoms with Crippen molar-refractivity contribution in [2.24, 2.45) is 11.8 Å². The van der Waals surface area contributed by atoms with Gasteiger partial charge < -0.3 is 14.4 Å². The monoisotopic (exact) mass is 617 g/mol. The number of hydrogen-bond donors (Lipinski definition) is 0. The van der Waals surface area contributed by atoms with Crippen molar-refractivity contribution in [2.45, 2.75) is 104 Å². The topological polar surface area (TPSA) is 101 Å². The van der Waals surface area contributed by atoms with E-state index >= 15 is 0 Å². The van der Waals surface area contributed by atoms with Gasteiger partial charge in [-0.25, -0.2) is 0 Å². The van der Waals surface area contributed by atoms with Crippen molar-refractivity contribution in [2.75, 3.05) is 31.7 Å². The highest BCUT2D eigenvalue weighted by Gasteiger charge is 2.23. The summed E-state index contributed by atoms with van der Waals surface area (Å²) in [5.74, 6) is 2.18. The van der Waals surface area contributed by atoms with E-state index in [0.717, 1.165) is 99.1 Å². The van der Waals surface area contributed by atoms with Gasteiger partial charge in [0.15, 0.2) is 5.78 Å². The summed E-state index contributed by atoms with van der Waals surface area (Å²) in [6.45, 7) is 16.0. The van der Waals surface area contributed by atoms with E-state index in [1.54, 1.807) is 13.3 Å². The molecule has 0 saturated heterocycles. The van der Waals surface area contributed by atoms with E-state index in [-0.39, 0.29) is 11.7 Å². The molecule has 0 amide bonds. The zero-order valence-electron chi connectivity index (χ0n) is 28.2. The van der Waals surface area contributed by atoms with Crippen LogP contribution in [0.2, 0.25) is 0 Å². The first-order valence-electron chi connectivity index (χ1n) is 16.8. The summed E-state index contributed by atoms with van der Waals surface area (Å²) in [7, 11) is 1.69. The van der Waals surface area contributed by atoms with E-state index in [1.165, 1.54) is 6.08 Å². The van der Waals surface area contributed by atoms with Crippen molar-refractivity contribution < 1.29 is 14.3 Å². The van der Waals surface area contributed by atoms with Crippen LogP contribution in [0.3, 0.4) is 0 Å². The number of allylic oxidation sites excluding steroid dienone is 2. The Balaban J connectivity index is 2.41. The summed E-state index contributed by atoms with van der Waals surface area (Å²) in [5.41, 5.74) is 3.25. The van der Waals surface area contributed by atoms with E-state index in [9.17, 15) is 10.1 Å². The maximum atomic E-state index is 12.0. The normalized spacial score (nSPS) is 12.2. The van der Waals surface area contributed by atoms with Crippen molar-refractivity contribution in [3.8, 4) is 17.8 Å². The molecule has 0 fully saturated rings. The van der Waals surface area contributed by atoms with Gasteiger partial charge >= 0.3 is 6.01 Å². The van der Waals surface area contributed by atoms with Gasteiger partial charge in [-0.2, -0.15) is 15.2 Å². The number of hydrogen-bond acceptors (Lipinski definition) is 8. The average molecular weight is 618 g/mol. The molecule has 0 spiro atoms. The van der Waals surface area contributed by atoms with Crippen molar-refractivity contribution >= 4 is 11.6 Å². The van der Waals surface area contributed by atoms with E-state index in [0.29, 0.717) is 44.3 Å². The third kappa shape index (κ3) is 13.0. The molecule has 2 heterocycles. The minimum Gasteiger partial charge on any atom is -0.496 e. The molecule has 246 valence electrons. The number of carbonyl (C=O) groups excluding carboxylic acids is 1. The fourth-order valence-corrected chi connectivity index (χ4v) is 5.68. The highest BCUT2D eigenvalue weighted by molar-refractivity contribution is 5.88. The second-order valence-electron chi connectivity index (χ2n) is 11.7. The van der Waals surface area contributed by atoms with Crippen LogP contribution in [0.5, 0.6) is 11.8 Å². The SMILES string of the molecule is C=CC[C@@H](CCCC)COc1nc(CC)c(CCCCc2cnccc2OC)c(N(CCC)C[C@H](CC#N)CCC(=O)C=C)n1. The number of rotatable bonds is 25. The van der Waals surface area contributed by atoms with Gasteiger partial charge in [0.05, 0.1) is 25.5 Å². The molecule has 0 N–H and O–H groups in total. The number of anilines is 1. The molecule has 0 radical (unpaired) electrons. The first kappa shape index (κ1) is 37.5. The molecule has 2 rings (SSSR count). The molecule has 0 saturated carbocycles. The van der Waals surface area contributed by atoms with Crippen LogP contribution in [0.4, 0.5) is 5.82 Å². The highest BCUT2D eigenvalue weighted by atomic mass is 16.5. The van der Waals surface area contributed by atoms with Crippen molar-refractivity contribution in [3.63, 3.8) is 0 Å². The zero-order chi connectivity index (χ0) is 32.9. The van der Waals surface area contributed by atoms with Gasteiger partial charge in [0.2, 0.25) is 0 Å². The highest BCUT2D eigenvalue weighted by Crippen LogP contribution is 2.29. The number of aryl methyl sites for hydroxylation is 2. The largest absolute Gasteiger partial charge is 0.496 e. The van der Waals surface area contributed by atoms with Gasteiger partial charge in [-0.3, -0.25) is 9.78 Å². The smallest absolute Gasteiger partial charge is 0.318 e. The second-order valence-corrected chi connectivity index (χ2v) is 11.7. The summed E-state index contributed by atoms with van der Waals surface area (Å²) in [6.07, 6.45) is 18.0. The molecule has 0 aliphatic carbocycles. The van der Waals surface area contributed by atoms with Gasteiger partial charge in [0, 0.05) is 49.5 Å². The number of pyridine rings is 1. The third-order valence-electron chi connectivity index (χ3n) is 8.18. The minimum atomic E-state index is 0.00839. The number of ether oxygens (including phenoxy) is 2. The van der Waals surface area contributed by atoms with Crippen LogP contribution in [0.15, 0.2) is 43.8 Å².